The molecule has 100 valence electrons. The number of halogens is 1. The maximum Gasteiger partial charge on any atom is 0.0991 e. The second-order valence-electron chi connectivity index (χ2n) is 4.56. The second-order valence-corrected chi connectivity index (χ2v) is 5.81. The van der Waals surface area contributed by atoms with Gasteiger partial charge >= 0.3 is 0 Å². The van der Waals surface area contributed by atoms with Gasteiger partial charge in [-0.1, -0.05) is 24.3 Å². The molecule has 0 atom stereocenters. The SMILES string of the molecule is C/C(O)=C(\Cc1ccc(I)cc1)c1cccc(C#N)c1. The largest absolute Gasteiger partial charge is 0.512 e. The first-order chi connectivity index (χ1) is 9.60. The fourth-order valence-electron chi connectivity index (χ4n) is 2.02. The summed E-state index contributed by atoms with van der Waals surface area (Å²) >= 11 is 2.27. The molecule has 0 heterocycles. The van der Waals surface area contributed by atoms with E-state index in [-0.39, 0.29) is 0 Å². The molecule has 0 saturated heterocycles. The van der Waals surface area contributed by atoms with Crippen molar-refractivity contribution in [2.45, 2.75) is 13.3 Å². The number of nitrogens with zero attached hydrogens (tertiary/aromatic N) is 1. The number of allylic oxidation sites excluding steroid dienone is 2. The van der Waals surface area contributed by atoms with Crippen molar-refractivity contribution < 1.29 is 5.11 Å². The molecule has 0 bridgehead atoms. The van der Waals surface area contributed by atoms with Gasteiger partial charge in [-0.3, -0.25) is 0 Å². The zero-order chi connectivity index (χ0) is 14.5. The Bertz CT molecular complexity index is 677. The van der Waals surface area contributed by atoms with Crippen LogP contribution in [0.25, 0.3) is 5.57 Å². The smallest absolute Gasteiger partial charge is 0.0991 e. The molecule has 0 radical (unpaired) electrons. The predicted molar refractivity (Wildman–Crippen MR) is 89.2 cm³/mol. The highest BCUT2D eigenvalue weighted by atomic mass is 127. The zero-order valence-electron chi connectivity index (χ0n) is 11.1. The molecule has 0 saturated carbocycles. The Labute approximate surface area is 132 Å². The molecule has 0 aromatic heterocycles. The first-order valence-electron chi connectivity index (χ1n) is 6.24. The summed E-state index contributed by atoms with van der Waals surface area (Å²) in [4.78, 5) is 0. The van der Waals surface area contributed by atoms with Crippen LogP contribution in [0.4, 0.5) is 0 Å². The maximum absolute atomic E-state index is 9.94. The molecule has 3 heteroatoms. The Balaban J connectivity index is 2.36. The van der Waals surface area contributed by atoms with Gasteiger partial charge in [-0.05, 0) is 64.9 Å². The number of aliphatic hydroxyl groups is 1. The van der Waals surface area contributed by atoms with E-state index in [1.807, 2.05) is 30.3 Å². The van der Waals surface area contributed by atoms with Gasteiger partial charge in [0.2, 0.25) is 0 Å². The molecule has 0 aliphatic carbocycles. The van der Waals surface area contributed by atoms with Gasteiger partial charge in [0.25, 0.3) is 0 Å². The van der Waals surface area contributed by atoms with Crippen molar-refractivity contribution in [3.05, 3.63) is 74.6 Å². The maximum atomic E-state index is 9.94. The lowest BCUT2D eigenvalue weighted by atomic mass is 9.96. The normalized spacial score (nSPS) is 11.7. The van der Waals surface area contributed by atoms with Gasteiger partial charge in [0, 0.05) is 15.6 Å². The summed E-state index contributed by atoms with van der Waals surface area (Å²) in [6.45, 7) is 1.68. The van der Waals surface area contributed by atoms with Gasteiger partial charge in [0.05, 0.1) is 17.4 Å². The number of aliphatic hydroxyl groups excluding tert-OH is 1. The van der Waals surface area contributed by atoms with Crippen LogP contribution < -0.4 is 0 Å². The van der Waals surface area contributed by atoms with E-state index in [0.29, 0.717) is 17.7 Å². The van der Waals surface area contributed by atoms with E-state index >= 15 is 0 Å². The van der Waals surface area contributed by atoms with Gasteiger partial charge in [0.15, 0.2) is 0 Å². The van der Waals surface area contributed by atoms with Crippen molar-refractivity contribution >= 4 is 28.2 Å². The fourth-order valence-corrected chi connectivity index (χ4v) is 2.38. The molecule has 0 aliphatic heterocycles. The molecule has 2 nitrogen and oxygen atoms in total. The standard InChI is InChI=1S/C17H14INO/c1-12(20)17(10-13-5-7-16(18)8-6-13)15-4-2-3-14(9-15)11-19/h2-9,20H,10H2,1H3/b17-12-. The summed E-state index contributed by atoms with van der Waals surface area (Å²) in [6, 6.07) is 17.7. The average molecular weight is 375 g/mol. The third-order valence-corrected chi connectivity index (χ3v) is 3.79. The molecule has 0 unspecified atom stereocenters. The Kier molecular flexibility index (Phi) is 4.80. The van der Waals surface area contributed by atoms with E-state index in [2.05, 4.69) is 40.8 Å². The van der Waals surface area contributed by atoms with Gasteiger partial charge in [-0.25, -0.2) is 0 Å². The van der Waals surface area contributed by atoms with Crippen LogP contribution in [0.15, 0.2) is 54.3 Å². The summed E-state index contributed by atoms with van der Waals surface area (Å²) in [6.07, 6.45) is 0.647. The highest BCUT2D eigenvalue weighted by Gasteiger charge is 2.08. The van der Waals surface area contributed by atoms with Crippen molar-refractivity contribution in [3.63, 3.8) is 0 Å². The van der Waals surface area contributed by atoms with Crippen molar-refractivity contribution in [1.82, 2.24) is 0 Å². The zero-order valence-corrected chi connectivity index (χ0v) is 13.3. The van der Waals surface area contributed by atoms with Gasteiger partial charge < -0.3 is 5.11 Å². The molecular formula is C17H14INO. The first-order valence-corrected chi connectivity index (χ1v) is 7.31. The van der Waals surface area contributed by atoms with E-state index in [1.54, 1.807) is 13.0 Å². The van der Waals surface area contributed by atoms with Crippen molar-refractivity contribution in [3.8, 4) is 6.07 Å². The summed E-state index contributed by atoms with van der Waals surface area (Å²) in [7, 11) is 0. The minimum absolute atomic E-state index is 0.290. The fraction of sp³-hybridized carbons (Fsp3) is 0.118. The van der Waals surface area contributed by atoms with Crippen LogP contribution in [-0.4, -0.2) is 5.11 Å². The highest BCUT2D eigenvalue weighted by Crippen LogP contribution is 2.23. The first kappa shape index (κ1) is 14.6. The van der Waals surface area contributed by atoms with E-state index < -0.39 is 0 Å². The lowest BCUT2D eigenvalue weighted by molar-refractivity contribution is 0.416. The van der Waals surface area contributed by atoms with E-state index in [0.717, 1.165) is 16.7 Å². The summed E-state index contributed by atoms with van der Waals surface area (Å²) in [5.41, 5.74) is 3.48. The molecule has 0 amide bonds. The van der Waals surface area contributed by atoms with Gasteiger partial charge in [-0.2, -0.15) is 5.26 Å². The van der Waals surface area contributed by atoms with E-state index in [9.17, 15) is 5.11 Å². The van der Waals surface area contributed by atoms with Crippen LogP contribution >= 0.6 is 22.6 Å². The highest BCUT2D eigenvalue weighted by molar-refractivity contribution is 14.1. The molecule has 2 aromatic carbocycles. The quantitative estimate of drug-likeness (QED) is 0.625. The number of rotatable bonds is 3. The van der Waals surface area contributed by atoms with Crippen LogP contribution in [0.2, 0.25) is 0 Å². The Morgan fingerprint density at radius 3 is 2.50 bits per heavy atom. The number of benzene rings is 2. The Hall–Kier alpha value is -1.80. The van der Waals surface area contributed by atoms with Crippen LogP contribution in [0, 0.1) is 14.9 Å². The topological polar surface area (TPSA) is 44.0 Å². The molecule has 1 N–H and O–H groups in total. The summed E-state index contributed by atoms with van der Waals surface area (Å²) in [5, 5.41) is 18.9. The third kappa shape index (κ3) is 3.61. The van der Waals surface area contributed by atoms with Gasteiger partial charge in [-0.15, -0.1) is 0 Å². The third-order valence-electron chi connectivity index (χ3n) is 3.07. The summed E-state index contributed by atoms with van der Waals surface area (Å²) in [5.74, 6) is 0.290. The van der Waals surface area contributed by atoms with E-state index in [1.165, 1.54) is 3.57 Å². The number of hydrogen-bond acceptors (Lipinski definition) is 2. The molecule has 2 aromatic rings. The van der Waals surface area contributed by atoms with E-state index in [4.69, 9.17) is 5.26 Å². The number of hydrogen-bond donors (Lipinski definition) is 1. The molecule has 0 aliphatic rings. The summed E-state index contributed by atoms with van der Waals surface area (Å²) < 4.78 is 1.18. The molecule has 20 heavy (non-hydrogen) atoms. The van der Waals surface area contributed by atoms with Crippen LogP contribution in [0.3, 0.4) is 0 Å². The molecule has 0 spiro atoms. The van der Waals surface area contributed by atoms with Gasteiger partial charge in [0.1, 0.15) is 0 Å². The van der Waals surface area contributed by atoms with Crippen LogP contribution in [0.1, 0.15) is 23.6 Å². The minimum atomic E-state index is 0.290. The predicted octanol–water partition coefficient (Wildman–Crippen LogP) is 4.69. The molecule has 0 fully saturated rings. The lowest BCUT2D eigenvalue weighted by Gasteiger charge is -2.10. The Morgan fingerprint density at radius 1 is 1.20 bits per heavy atom. The molecular weight excluding hydrogens is 361 g/mol. The number of nitriles is 1. The second kappa shape index (κ2) is 6.58. The lowest BCUT2D eigenvalue weighted by Crippen LogP contribution is -1.95. The molecule has 2 rings (SSSR count). The van der Waals surface area contributed by atoms with Crippen LogP contribution in [0.5, 0.6) is 0 Å². The Morgan fingerprint density at radius 2 is 1.90 bits per heavy atom. The van der Waals surface area contributed by atoms with Crippen molar-refractivity contribution in [1.29, 1.82) is 5.26 Å². The van der Waals surface area contributed by atoms with Crippen LogP contribution in [-0.2, 0) is 6.42 Å². The average Bonchev–Trinajstić information content (AvgIpc) is 2.46. The monoisotopic (exact) mass is 375 g/mol. The van der Waals surface area contributed by atoms with Crippen molar-refractivity contribution in [2.75, 3.05) is 0 Å². The minimum Gasteiger partial charge on any atom is -0.512 e. The van der Waals surface area contributed by atoms with Crippen molar-refractivity contribution in [2.24, 2.45) is 0 Å².